The number of anilines is 1. The molecule has 0 aliphatic carbocycles. The average Bonchev–Trinajstić information content (AvgIpc) is 2.68. The first-order chi connectivity index (χ1) is 9.11. The Morgan fingerprint density at radius 1 is 1.30 bits per heavy atom. The number of aromatic nitrogens is 1. The van der Waals surface area contributed by atoms with Crippen molar-refractivity contribution in [2.75, 3.05) is 18.5 Å². The van der Waals surface area contributed by atoms with Crippen molar-refractivity contribution >= 4 is 16.5 Å². The standard InChI is InChI=1S/C14H25F2N3S/c1-9(2)17-7-10-12(14(3,4)5)18-13(20-10)19(6)8-11(15)16/h9,11,17H,7-8H2,1-6H3. The topological polar surface area (TPSA) is 28.2 Å². The summed E-state index contributed by atoms with van der Waals surface area (Å²) in [5, 5.41) is 4.03. The van der Waals surface area contributed by atoms with Gasteiger partial charge in [-0.15, -0.1) is 11.3 Å². The number of halogens is 2. The molecule has 3 nitrogen and oxygen atoms in total. The van der Waals surface area contributed by atoms with E-state index in [0.717, 1.165) is 17.1 Å². The van der Waals surface area contributed by atoms with Crippen molar-refractivity contribution in [3.8, 4) is 0 Å². The lowest BCUT2D eigenvalue weighted by Gasteiger charge is -2.18. The lowest BCUT2D eigenvalue weighted by atomic mass is 9.91. The van der Waals surface area contributed by atoms with Crippen LogP contribution in [0.5, 0.6) is 0 Å². The van der Waals surface area contributed by atoms with Crippen molar-refractivity contribution in [1.82, 2.24) is 10.3 Å². The molecule has 1 aromatic rings. The van der Waals surface area contributed by atoms with Gasteiger partial charge < -0.3 is 10.2 Å². The van der Waals surface area contributed by atoms with Crippen molar-refractivity contribution in [3.63, 3.8) is 0 Å². The van der Waals surface area contributed by atoms with Crippen molar-refractivity contribution in [3.05, 3.63) is 10.6 Å². The van der Waals surface area contributed by atoms with E-state index in [0.29, 0.717) is 11.2 Å². The third kappa shape index (κ3) is 4.98. The SMILES string of the molecule is CC(C)NCc1sc(N(C)CC(F)F)nc1C(C)(C)C. The first-order valence-corrected chi connectivity index (χ1v) is 7.65. The lowest BCUT2D eigenvalue weighted by molar-refractivity contribution is 0.156. The summed E-state index contributed by atoms with van der Waals surface area (Å²) in [7, 11) is 1.66. The van der Waals surface area contributed by atoms with Crippen LogP contribution in [0, 0.1) is 0 Å². The second kappa shape index (κ2) is 6.80. The van der Waals surface area contributed by atoms with Crippen LogP contribution in [0.25, 0.3) is 0 Å². The van der Waals surface area contributed by atoms with Gasteiger partial charge in [-0.05, 0) is 0 Å². The minimum Gasteiger partial charge on any atom is -0.345 e. The van der Waals surface area contributed by atoms with Gasteiger partial charge in [0.1, 0.15) is 0 Å². The molecule has 20 heavy (non-hydrogen) atoms. The summed E-state index contributed by atoms with van der Waals surface area (Å²) in [5.41, 5.74) is 0.904. The molecule has 0 unspecified atom stereocenters. The van der Waals surface area contributed by atoms with Gasteiger partial charge in [0.15, 0.2) is 5.13 Å². The van der Waals surface area contributed by atoms with Crippen LogP contribution in [0.1, 0.15) is 45.2 Å². The maximum Gasteiger partial charge on any atom is 0.255 e. The zero-order valence-electron chi connectivity index (χ0n) is 13.1. The van der Waals surface area contributed by atoms with Crippen LogP contribution in [0.2, 0.25) is 0 Å². The Bertz CT molecular complexity index is 425. The van der Waals surface area contributed by atoms with Gasteiger partial charge in [-0.2, -0.15) is 0 Å². The molecule has 6 heteroatoms. The van der Waals surface area contributed by atoms with E-state index < -0.39 is 6.43 Å². The molecular weight excluding hydrogens is 280 g/mol. The Balaban J connectivity index is 2.99. The fourth-order valence-electron chi connectivity index (χ4n) is 1.79. The van der Waals surface area contributed by atoms with Crippen LogP contribution < -0.4 is 10.2 Å². The molecule has 0 aliphatic rings. The van der Waals surface area contributed by atoms with Gasteiger partial charge in [-0.25, -0.2) is 13.8 Å². The fraction of sp³-hybridized carbons (Fsp3) is 0.786. The predicted molar refractivity (Wildman–Crippen MR) is 82.1 cm³/mol. The van der Waals surface area contributed by atoms with Crippen LogP contribution in [0.4, 0.5) is 13.9 Å². The van der Waals surface area contributed by atoms with Crippen molar-refractivity contribution < 1.29 is 8.78 Å². The van der Waals surface area contributed by atoms with Gasteiger partial charge in [0.05, 0.1) is 12.2 Å². The molecule has 0 saturated heterocycles. The quantitative estimate of drug-likeness (QED) is 0.869. The van der Waals surface area contributed by atoms with Crippen molar-refractivity contribution in [1.29, 1.82) is 0 Å². The summed E-state index contributed by atoms with van der Waals surface area (Å²) in [6, 6.07) is 0.382. The van der Waals surface area contributed by atoms with E-state index in [2.05, 4.69) is 44.9 Å². The van der Waals surface area contributed by atoms with E-state index in [1.54, 1.807) is 7.05 Å². The Labute approximate surface area is 124 Å². The van der Waals surface area contributed by atoms with E-state index >= 15 is 0 Å². The van der Waals surface area contributed by atoms with Gasteiger partial charge in [-0.1, -0.05) is 34.6 Å². The molecule has 0 atom stereocenters. The minimum atomic E-state index is -2.35. The molecule has 0 fully saturated rings. The lowest BCUT2D eigenvalue weighted by Crippen LogP contribution is -2.24. The smallest absolute Gasteiger partial charge is 0.255 e. The maximum atomic E-state index is 12.5. The minimum absolute atomic E-state index is 0.0889. The molecule has 0 radical (unpaired) electrons. The summed E-state index contributed by atoms with van der Waals surface area (Å²) in [6.07, 6.45) is -2.35. The second-order valence-electron chi connectivity index (χ2n) is 6.33. The van der Waals surface area contributed by atoms with Gasteiger partial charge in [0.2, 0.25) is 0 Å². The normalized spacial score (nSPS) is 12.5. The summed E-state index contributed by atoms with van der Waals surface area (Å²) in [5.74, 6) is 0. The molecule has 116 valence electrons. The highest BCUT2D eigenvalue weighted by Gasteiger charge is 2.24. The molecule has 1 aromatic heterocycles. The Hall–Kier alpha value is -0.750. The zero-order valence-corrected chi connectivity index (χ0v) is 13.9. The first-order valence-electron chi connectivity index (χ1n) is 6.84. The highest BCUT2D eigenvalue weighted by atomic mass is 32.1. The summed E-state index contributed by atoms with van der Waals surface area (Å²) in [4.78, 5) is 7.24. The van der Waals surface area contributed by atoms with Crippen LogP contribution in [0.3, 0.4) is 0 Å². The summed E-state index contributed by atoms with van der Waals surface area (Å²) < 4.78 is 25.0. The highest BCUT2D eigenvalue weighted by Crippen LogP contribution is 2.33. The molecule has 0 spiro atoms. The van der Waals surface area contributed by atoms with E-state index in [1.807, 2.05) is 0 Å². The first kappa shape index (κ1) is 17.3. The maximum absolute atomic E-state index is 12.5. The molecule has 1 rings (SSSR count). The Morgan fingerprint density at radius 3 is 2.35 bits per heavy atom. The number of rotatable bonds is 6. The van der Waals surface area contributed by atoms with E-state index in [1.165, 1.54) is 16.2 Å². The third-order valence-electron chi connectivity index (χ3n) is 2.81. The number of nitrogens with one attached hydrogen (secondary N) is 1. The van der Waals surface area contributed by atoms with Crippen LogP contribution in [-0.4, -0.2) is 31.0 Å². The molecule has 0 aliphatic heterocycles. The summed E-state index contributed by atoms with van der Waals surface area (Å²) >= 11 is 1.50. The summed E-state index contributed by atoms with van der Waals surface area (Å²) in [6.45, 7) is 10.9. The molecule has 0 saturated carbocycles. The fourth-order valence-corrected chi connectivity index (χ4v) is 2.98. The Kier molecular flexibility index (Phi) is 5.89. The third-order valence-corrected chi connectivity index (χ3v) is 3.98. The predicted octanol–water partition coefficient (Wildman–Crippen LogP) is 3.64. The molecule has 1 heterocycles. The van der Waals surface area contributed by atoms with Crippen LogP contribution in [0.15, 0.2) is 0 Å². The number of hydrogen-bond acceptors (Lipinski definition) is 4. The van der Waals surface area contributed by atoms with E-state index in [9.17, 15) is 8.78 Å². The Morgan fingerprint density at radius 2 is 1.90 bits per heavy atom. The highest BCUT2D eigenvalue weighted by molar-refractivity contribution is 7.15. The van der Waals surface area contributed by atoms with Crippen LogP contribution in [-0.2, 0) is 12.0 Å². The van der Waals surface area contributed by atoms with Crippen molar-refractivity contribution in [2.45, 2.75) is 59.0 Å². The van der Waals surface area contributed by atoms with Crippen molar-refractivity contribution in [2.24, 2.45) is 0 Å². The van der Waals surface area contributed by atoms with Gasteiger partial charge in [0.25, 0.3) is 6.43 Å². The molecule has 0 amide bonds. The van der Waals surface area contributed by atoms with Gasteiger partial charge in [0, 0.05) is 29.9 Å². The zero-order chi connectivity index (χ0) is 15.5. The molecule has 1 N–H and O–H groups in total. The number of hydrogen-bond donors (Lipinski definition) is 1. The second-order valence-corrected chi connectivity index (χ2v) is 7.39. The van der Waals surface area contributed by atoms with E-state index in [4.69, 9.17) is 0 Å². The van der Waals surface area contributed by atoms with Gasteiger partial charge in [-0.3, -0.25) is 0 Å². The average molecular weight is 305 g/mol. The van der Waals surface area contributed by atoms with Crippen LogP contribution >= 0.6 is 11.3 Å². The van der Waals surface area contributed by atoms with Gasteiger partial charge >= 0.3 is 0 Å². The monoisotopic (exact) mass is 305 g/mol. The number of thiazole rings is 1. The number of alkyl halides is 2. The number of nitrogens with zero attached hydrogens (tertiary/aromatic N) is 2. The molecule has 0 bridgehead atoms. The largest absolute Gasteiger partial charge is 0.345 e. The molecular formula is C14H25F2N3S. The van der Waals surface area contributed by atoms with E-state index in [-0.39, 0.29) is 12.0 Å². The molecule has 0 aromatic carbocycles.